The van der Waals surface area contributed by atoms with E-state index in [0.717, 1.165) is 37.2 Å². The lowest BCUT2D eigenvalue weighted by molar-refractivity contribution is -0.119. The Bertz CT molecular complexity index is 804. The van der Waals surface area contributed by atoms with E-state index < -0.39 is 0 Å². The van der Waals surface area contributed by atoms with Crippen LogP contribution in [0.15, 0.2) is 36.4 Å². The highest BCUT2D eigenvalue weighted by Gasteiger charge is 2.24. The van der Waals surface area contributed by atoms with Gasteiger partial charge in [0.1, 0.15) is 11.5 Å². The van der Waals surface area contributed by atoms with Gasteiger partial charge in [0.2, 0.25) is 6.41 Å². The van der Waals surface area contributed by atoms with Crippen molar-refractivity contribution >= 4 is 18.1 Å². The Morgan fingerprint density at radius 2 is 1.86 bits per heavy atom. The maximum atomic E-state index is 13.1. The lowest BCUT2D eigenvalue weighted by Gasteiger charge is -2.32. The number of carbonyl (C=O) groups is 2. The monoisotopic (exact) mass is 381 g/mol. The fraction of sp³-hybridized carbons (Fsp3) is 0.429. The van der Waals surface area contributed by atoms with E-state index >= 15 is 0 Å². The number of amides is 2. The molecule has 1 aliphatic heterocycles. The first-order valence-electron chi connectivity index (χ1n) is 9.76. The molecule has 2 aromatic rings. The van der Waals surface area contributed by atoms with Crippen LogP contribution >= 0.6 is 0 Å². The van der Waals surface area contributed by atoms with E-state index in [9.17, 15) is 9.59 Å². The topological polar surface area (TPSA) is 69.6 Å². The summed E-state index contributed by atoms with van der Waals surface area (Å²) in [7, 11) is 1.99. The van der Waals surface area contributed by atoms with Gasteiger partial charge in [-0.3, -0.25) is 9.59 Å². The Morgan fingerprint density at radius 1 is 1.14 bits per heavy atom. The number of aromatic nitrogens is 2. The predicted octanol–water partition coefficient (Wildman–Crippen LogP) is 2.29. The molecular formula is C21H27N5O2. The largest absolute Gasteiger partial charge is 0.360 e. The smallest absolute Gasteiger partial charge is 0.272 e. The molecule has 1 saturated heterocycles. The number of anilines is 1. The SMILES string of the molecule is CCCCN(C)c1cc(C(=O)N2CCN(C=O)CC2)nc(-c2ccccc2)n1. The molecule has 0 spiro atoms. The van der Waals surface area contributed by atoms with Gasteiger partial charge in [-0.15, -0.1) is 0 Å². The summed E-state index contributed by atoms with van der Waals surface area (Å²) < 4.78 is 0. The molecule has 148 valence electrons. The van der Waals surface area contributed by atoms with E-state index in [-0.39, 0.29) is 5.91 Å². The molecule has 1 fully saturated rings. The summed E-state index contributed by atoms with van der Waals surface area (Å²) in [5, 5.41) is 0. The summed E-state index contributed by atoms with van der Waals surface area (Å²) in [6, 6.07) is 11.5. The fourth-order valence-electron chi connectivity index (χ4n) is 3.16. The molecule has 28 heavy (non-hydrogen) atoms. The molecule has 0 radical (unpaired) electrons. The maximum absolute atomic E-state index is 13.1. The molecule has 2 heterocycles. The van der Waals surface area contributed by atoms with Crippen molar-refractivity contribution in [2.75, 3.05) is 44.7 Å². The standard InChI is InChI=1S/C21H27N5O2/c1-3-4-10-24(2)19-15-18(21(28)26-13-11-25(16-27)12-14-26)22-20(23-19)17-8-6-5-7-9-17/h5-9,15-16H,3-4,10-14H2,1-2H3. The lowest BCUT2D eigenvalue weighted by Crippen LogP contribution is -2.48. The minimum Gasteiger partial charge on any atom is -0.360 e. The van der Waals surface area contributed by atoms with Crippen molar-refractivity contribution < 1.29 is 9.59 Å². The van der Waals surface area contributed by atoms with Gasteiger partial charge in [-0.25, -0.2) is 9.97 Å². The van der Waals surface area contributed by atoms with Crippen LogP contribution in [-0.4, -0.2) is 71.9 Å². The number of benzene rings is 1. The molecule has 2 amide bonds. The van der Waals surface area contributed by atoms with E-state index in [1.165, 1.54) is 0 Å². The van der Waals surface area contributed by atoms with E-state index in [2.05, 4.69) is 16.8 Å². The summed E-state index contributed by atoms with van der Waals surface area (Å²) in [6.07, 6.45) is 2.98. The molecule has 0 bridgehead atoms. The maximum Gasteiger partial charge on any atom is 0.272 e. The van der Waals surface area contributed by atoms with E-state index in [1.54, 1.807) is 15.9 Å². The Labute approximate surface area is 166 Å². The number of unbranched alkanes of at least 4 members (excludes halogenated alkanes) is 1. The van der Waals surface area contributed by atoms with Gasteiger partial charge < -0.3 is 14.7 Å². The molecule has 1 aromatic carbocycles. The number of nitrogens with zero attached hydrogens (tertiary/aromatic N) is 5. The van der Waals surface area contributed by atoms with Gasteiger partial charge in [-0.1, -0.05) is 43.7 Å². The third-order valence-corrected chi connectivity index (χ3v) is 4.95. The summed E-state index contributed by atoms with van der Waals surface area (Å²) in [5.74, 6) is 1.18. The fourth-order valence-corrected chi connectivity index (χ4v) is 3.16. The minimum absolute atomic E-state index is 0.115. The Morgan fingerprint density at radius 3 is 2.50 bits per heavy atom. The summed E-state index contributed by atoms with van der Waals surface area (Å²) >= 11 is 0. The van der Waals surface area contributed by atoms with Gasteiger partial charge in [0.05, 0.1) is 0 Å². The number of hydrogen-bond donors (Lipinski definition) is 0. The first kappa shape index (κ1) is 19.8. The molecule has 3 rings (SSSR count). The zero-order valence-electron chi connectivity index (χ0n) is 16.5. The number of rotatable bonds is 7. The average Bonchev–Trinajstić information content (AvgIpc) is 2.77. The predicted molar refractivity (Wildman–Crippen MR) is 109 cm³/mol. The average molecular weight is 381 g/mol. The molecule has 7 heteroatoms. The van der Waals surface area contributed by atoms with E-state index in [4.69, 9.17) is 4.98 Å². The van der Waals surface area contributed by atoms with E-state index in [0.29, 0.717) is 37.7 Å². The van der Waals surface area contributed by atoms with Gasteiger partial charge in [-0.2, -0.15) is 0 Å². The number of hydrogen-bond acceptors (Lipinski definition) is 5. The van der Waals surface area contributed by atoms with Crippen LogP contribution in [0.4, 0.5) is 5.82 Å². The normalized spacial score (nSPS) is 14.1. The second-order valence-corrected chi connectivity index (χ2v) is 7.01. The third-order valence-electron chi connectivity index (χ3n) is 4.95. The Hall–Kier alpha value is -2.96. The van der Waals surface area contributed by atoms with Crippen LogP contribution in [-0.2, 0) is 4.79 Å². The number of piperazine rings is 1. The molecule has 0 N–H and O–H groups in total. The second-order valence-electron chi connectivity index (χ2n) is 7.01. The molecular weight excluding hydrogens is 354 g/mol. The number of carbonyl (C=O) groups excluding carboxylic acids is 2. The van der Waals surface area contributed by atoms with Crippen molar-refractivity contribution in [1.82, 2.24) is 19.8 Å². The Balaban J connectivity index is 1.90. The minimum atomic E-state index is -0.115. The Kier molecular flexibility index (Phi) is 6.57. The van der Waals surface area contributed by atoms with Crippen LogP contribution in [0, 0.1) is 0 Å². The quantitative estimate of drug-likeness (QED) is 0.689. The lowest BCUT2D eigenvalue weighted by atomic mass is 10.2. The molecule has 0 unspecified atom stereocenters. The summed E-state index contributed by atoms with van der Waals surface area (Å²) in [6.45, 7) is 5.15. The van der Waals surface area contributed by atoms with Crippen LogP contribution in [0.5, 0.6) is 0 Å². The molecule has 1 aliphatic rings. The van der Waals surface area contributed by atoms with Crippen LogP contribution in [0.25, 0.3) is 11.4 Å². The summed E-state index contributed by atoms with van der Waals surface area (Å²) in [5.41, 5.74) is 1.28. The molecule has 0 aliphatic carbocycles. The molecule has 0 atom stereocenters. The van der Waals surface area contributed by atoms with Crippen LogP contribution in [0.1, 0.15) is 30.3 Å². The second kappa shape index (κ2) is 9.30. The van der Waals surface area contributed by atoms with Crippen molar-refractivity contribution in [3.8, 4) is 11.4 Å². The highest BCUT2D eigenvalue weighted by Crippen LogP contribution is 2.21. The van der Waals surface area contributed by atoms with Crippen molar-refractivity contribution in [2.24, 2.45) is 0 Å². The van der Waals surface area contributed by atoms with Gasteiger partial charge in [0, 0.05) is 51.4 Å². The first-order valence-corrected chi connectivity index (χ1v) is 9.76. The van der Waals surface area contributed by atoms with Gasteiger partial charge in [0.25, 0.3) is 5.91 Å². The summed E-state index contributed by atoms with van der Waals surface area (Å²) in [4.78, 5) is 38.8. The third kappa shape index (κ3) is 4.65. The molecule has 7 nitrogen and oxygen atoms in total. The van der Waals surface area contributed by atoms with E-state index in [1.807, 2.05) is 37.4 Å². The highest BCUT2D eigenvalue weighted by atomic mass is 16.2. The van der Waals surface area contributed by atoms with Crippen LogP contribution in [0.3, 0.4) is 0 Å². The van der Waals surface area contributed by atoms with Crippen molar-refractivity contribution in [3.63, 3.8) is 0 Å². The van der Waals surface area contributed by atoms with Crippen molar-refractivity contribution in [3.05, 3.63) is 42.1 Å². The molecule has 1 aromatic heterocycles. The zero-order valence-corrected chi connectivity index (χ0v) is 16.5. The first-order chi connectivity index (χ1) is 13.6. The van der Waals surface area contributed by atoms with Crippen molar-refractivity contribution in [1.29, 1.82) is 0 Å². The zero-order chi connectivity index (χ0) is 19.9. The van der Waals surface area contributed by atoms with Gasteiger partial charge in [0.15, 0.2) is 5.82 Å². The van der Waals surface area contributed by atoms with Gasteiger partial charge >= 0.3 is 0 Å². The molecule has 0 saturated carbocycles. The van der Waals surface area contributed by atoms with Crippen LogP contribution < -0.4 is 4.90 Å². The van der Waals surface area contributed by atoms with Gasteiger partial charge in [-0.05, 0) is 6.42 Å². The highest BCUT2D eigenvalue weighted by molar-refractivity contribution is 5.93. The van der Waals surface area contributed by atoms with Crippen LogP contribution in [0.2, 0.25) is 0 Å². The van der Waals surface area contributed by atoms with Crippen molar-refractivity contribution in [2.45, 2.75) is 19.8 Å².